The molecule has 7 heteroatoms. The van der Waals surface area contributed by atoms with Gasteiger partial charge in [-0.25, -0.2) is 4.98 Å². The Labute approximate surface area is 151 Å². The van der Waals surface area contributed by atoms with E-state index in [1.54, 1.807) is 5.51 Å². The Morgan fingerprint density at radius 3 is 3.00 bits per heavy atom. The number of nitrogens with one attached hydrogen (secondary N) is 1. The normalized spacial score (nSPS) is 20.2. The van der Waals surface area contributed by atoms with Crippen LogP contribution >= 0.6 is 11.3 Å². The van der Waals surface area contributed by atoms with Crippen LogP contribution in [0.1, 0.15) is 17.7 Å². The van der Waals surface area contributed by atoms with Crippen LogP contribution in [0.3, 0.4) is 0 Å². The molecule has 1 aliphatic rings. The molecule has 0 saturated carbocycles. The van der Waals surface area contributed by atoms with Gasteiger partial charge in [-0.05, 0) is 25.5 Å². The van der Waals surface area contributed by atoms with Crippen LogP contribution in [0.15, 0.2) is 35.2 Å². The van der Waals surface area contributed by atoms with Crippen molar-refractivity contribution < 1.29 is 19.0 Å². The molecule has 1 aromatic carbocycles. The molecule has 2 aromatic rings. The van der Waals surface area contributed by atoms with E-state index in [4.69, 9.17) is 14.2 Å². The second-order valence-corrected chi connectivity index (χ2v) is 6.69. The number of carbonyl (C=O) groups excluding carboxylic acids is 1. The maximum atomic E-state index is 12.2. The molecule has 0 unspecified atom stereocenters. The number of hydrogen-bond donors (Lipinski definition) is 1. The number of aryl methyl sites for hydroxylation is 1. The lowest BCUT2D eigenvalue weighted by molar-refractivity contribution is -0.128. The van der Waals surface area contributed by atoms with E-state index in [9.17, 15) is 4.79 Å². The Kier molecular flexibility index (Phi) is 6.38. The summed E-state index contributed by atoms with van der Waals surface area (Å²) in [6, 6.07) is 7.54. The van der Waals surface area contributed by atoms with Crippen LogP contribution in [-0.4, -0.2) is 42.9 Å². The van der Waals surface area contributed by atoms with E-state index in [1.165, 1.54) is 11.3 Å². The van der Waals surface area contributed by atoms with Gasteiger partial charge in [0, 0.05) is 12.0 Å². The number of ether oxygens (including phenoxy) is 3. The zero-order chi connectivity index (χ0) is 17.5. The van der Waals surface area contributed by atoms with Gasteiger partial charge in [-0.2, -0.15) is 0 Å². The fourth-order valence-electron chi connectivity index (χ4n) is 2.57. The Morgan fingerprint density at radius 2 is 2.24 bits per heavy atom. The van der Waals surface area contributed by atoms with Gasteiger partial charge in [0.25, 0.3) is 5.91 Å². The molecule has 2 heterocycles. The highest BCUT2D eigenvalue weighted by Crippen LogP contribution is 2.15. The summed E-state index contributed by atoms with van der Waals surface area (Å²) in [6.45, 7) is 3.49. The molecule has 0 spiro atoms. The van der Waals surface area contributed by atoms with Crippen LogP contribution in [0.4, 0.5) is 0 Å². The molecule has 1 saturated heterocycles. The molecule has 1 fully saturated rings. The van der Waals surface area contributed by atoms with Gasteiger partial charge in [0.1, 0.15) is 11.9 Å². The Balaban J connectivity index is 1.46. The number of rotatable bonds is 7. The minimum Gasteiger partial charge on any atom is -0.484 e. The first-order valence-corrected chi connectivity index (χ1v) is 9.20. The number of nitrogens with zero attached hydrogens (tertiary/aromatic N) is 1. The zero-order valence-electron chi connectivity index (χ0n) is 14.1. The molecule has 0 bridgehead atoms. The van der Waals surface area contributed by atoms with Gasteiger partial charge < -0.3 is 19.5 Å². The van der Waals surface area contributed by atoms with Crippen molar-refractivity contribution in [2.45, 2.75) is 32.1 Å². The molecule has 2 atom stereocenters. The minimum absolute atomic E-state index is 0.0147. The lowest BCUT2D eigenvalue weighted by Gasteiger charge is -2.31. The smallest absolute Gasteiger partial charge is 0.258 e. The SMILES string of the molecule is Cc1ccc(OCC(=O)N[C@@H]2CCOC[C@H]2OCc2cscn2)cc1. The van der Waals surface area contributed by atoms with Gasteiger partial charge in [0.05, 0.1) is 30.5 Å². The first-order chi connectivity index (χ1) is 12.2. The fraction of sp³-hybridized carbons (Fsp3) is 0.444. The highest BCUT2D eigenvalue weighted by molar-refractivity contribution is 7.07. The van der Waals surface area contributed by atoms with Crippen LogP contribution < -0.4 is 10.1 Å². The molecule has 134 valence electrons. The minimum atomic E-state index is -0.182. The van der Waals surface area contributed by atoms with Gasteiger partial charge in [-0.15, -0.1) is 11.3 Å². The molecule has 1 aliphatic heterocycles. The fourth-order valence-corrected chi connectivity index (χ4v) is 3.12. The summed E-state index contributed by atoms with van der Waals surface area (Å²) in [6.07, 6.45) is 0.539. The third-order valence-corrected chi connectivity index (χ3v) is 4.61. The lowest BCUT2D eigenvalue weighted by atomic mass is 10.1. The topological polar surface area (TPSA) is 69.7 Å². The van der Waals surface area contributed by atoms with E-state index in [1.807, 2.05) is 36.6 Å². The third kappa shape index (κ3) is 5.52. The van der Waals surface area contributed by atoms with Gasteiger partial charge in [-0.3, -0.25) is 4.79 Å². The summed E-state index contributed by atoms with van der Waals surface area (Å²) >= 11 is 1.53. The maximum Gasteiger partial charge on any atom is 0.258 e. The quantitative estimate of drug-likeness (QED) is 0.819. The van der Waals surface area contributed by atoms with Gasteiger partial charge in [-0.1, -0.05) is 17.7 Å². The maximum absolute atomic E-state index is 12.2. The monoisotopic (exact) mass is 362 g/mol. The largest absolute Gasteiger partial charge is 0.484 e. The molecule has 1 N–H and O–H groups in total. The Morgan fingerprint density at radius 1 is 1.40 bits per heavy atom. The van der Waals surface area contributed by atoms with Crippen molar-refractivity contribution in [3.05, 3.63) is 46.4 Å². The first kappa shape index (κ1) is 17.8. The second kappa shape index (κ2) is 8.94. The van der Waals surface area contributed by atoms with E-state index in [0.29, 0.717) is 25.6 Å². The molecular formula is C18H22N2O4S. The predicted molar refractivity (Wildman–Crippen MR) is 94.7 cm³/mol. The van der Waals surface area contributed by atoms with E-state index >= 15 is 0 Å². The number of benzene rings is 1. The summed E-state index contributed by atoms with van der Waals surface area (Å²) in [7, 11) is 0. The number of thiazole rings is 1. The number of carbonyl (C=O) groups is 1. The van der Waals surface area contributed by atoms with Crippen LogP contribution in [0.25, 0.3) is 0 Å². The van der Waals surface area contributed by atoms with E-state index < -0.39 is 0 Å². The second-order valence-electron chi connectivity index (χ2n) is 5.97. The molecule has 1 amide bonds. The predicted octanol–water partition coefficient (Wildman–Crippen LogP) is 2.32. The van der Waals surface area contributed by atoms with Crippen molar-refractivity contribution in [2.75, 3.05) is 19.8 Å². The van der Waals surface area contributed by atoms with Crippen LogP contribution in [-0.2, 0) is 20.9 Å². The van der Waals surface area contributed by atoms with Gasteiger partial charge in [0.15, 0.2) is 6.61 Å². The molecule has 0 radical (unpaired) electrons. The molecule has 6 nitrogen and oxygen atoms in total. The Bertz CT molecular complexity index is 660. The van der Waals surface area contributed by atoms with E-state index in [2.05, 4.69) is 10.3 Å². The standard InChI is InChI=1S/C18H22N2O4S/c1-13-2-4-15(5-3-13)23-10-18(21)20-16-6-7-22-9-17(16)24-8-14-11-25-12-19-14/h2-5,11-12,16-17H,6-10H2,1H3,(H,20,21)/t16-,17-/m1/s1. The summed E-state index contributed by atoms with van der Waals surface area (Å²) in [4.78, 5) is 16.4. The zero-order valence-corrected chi connectivity index (χ0v) is 15.0. The average Bonchev–Trinajstić information content (AvgIpc) is 3.14. The van der Waals surface area contributed by atoms with Crippen molar-refractivity contribution in [1.29, 1.82) is 0 Å². The molecule has 1 aromatic heterocycles. The van der Waals surface area contributed by atoms with Gasteiger partial charge >= 0.3 is 0 Å². The summed E-state index contributed by atoms with van der Waals surface area (Å²) < 4.78 is 16.9. The van der Waals surface area contributed by atoms with Crippen molar-refractivity contribution in [1.82, 2.24) is 10.3 Å². The molecular weight excluding hydrogens is 340 g/mol. The summed E-state index contributed by atoms with van der Waals surface area (Å²) in [5.74, 6) is 0.527. The molecule has 25 heavy (non-hydrogen) atoms. The van der Waals surface area contributed by atoms with E-state index in [-0.39, 0.29) is 24.7 Å². The van der Waals surface area contributed by atoms with Crippen LogP contribution in [0.2, 0.25) is 0 Å². The average molecular weight is 362 g/mol. The summed E-state index contributed by atoms with van der Waals surface area (Å²) in [5.41, 5.74) is 3.82. The molecule has 3 rings (SSSR count). The van der Waals surface area contributed by atoms with E-state index in [0.717, 1.165) is 17.7 Å². The van der Waals surface area contributed by atoms with Crippen molar-refractivity contribution in [3.63, 3.8) is 0 Å². The lowest BCUT2D eigenvalue weighted by Crippen LogP contribution is -2.51. The first-order valence-electron chi connectivity index (χ1n) is 8.26. The summed E-state index contributed by atoms with van der Waals surface area (Å²) in [5, 5.41) is 4.95. The highest BCUT2D eigenvalue weighted by Gasteiger charge is 2.28. The number of hydrogen-bond acceptors (Lipinski definition) is 6. The van der Waals surface area contributed by atoms with Crippen molar-refractivity contribution in [2.24, 2.45) is 0 Å². The third-order valence-electron chi connectivity index (χ3n) is 3.97. The highest BCUT2D eigenvalue weighted by atomic mass is 32.1. The number of aromatic nitrogens is 1. The van der Waals surface area contributed by atoms with Crippen molar-refractivity contribution in [3.8, 4) is 5.75 Å². The van der Waals surface area contributed by atoms with Crippen molar-refractivity contribution >= 4 is 17.2 Å². The number of amides is 1. The van der Waals surface area contributed by atoms with Crippen LogP contribution in [0.5, 0.6) is 5.75 Å². The Hall–Kier alpha value is -1.96. The van der Waals surface area contributed by atoms with Gasteiger partial charge in [0.2, 0.25) is 0 Å². The molecule has 0 aliphatic carbocycles. The van der Waals surface area contributed by atoms with Crippen LogP contribution in [0, 0.1) is 6.92 Å².